The van der Waals surface area contributed by atoms with E-state index >= 15 is 0 Å². The summed E-state index contributed by atoms with van der Waals surface area (Å²) in [6.07, 6.45) is 2.52. The Labute approximate surface area is 118 Å². The lowest BCUT2D eigenvalue weighted by Crippen LogP contribution is -2.18. The molecule has 2 aromatic rings. The number of hydrogen-bond acceptors (Lipinski definition) is 5. The smallest absolute Gasteiger partial charge is 0.135 e. The van der Waals surface area contributed by atoms with Gasteiger partial charge in [0.2, 0.25) is 0 Å². The molecular formula is C15H17N5. The van der Waals surface area contributed by atoms with E-state index in [0.717, 1.165) is 12.1 Å². The van der Waals surface area contributed by atoms with Crippen LogP contribution in [0.3, 0.4) is 0 Å². The van der Waals surface area contributed by atoms with Gasteiger partial charge in [-0.05, 0) is 24.1 Å². The Bertz CT molecular complexity index is 600. The van der Waals surface area contributed by atoms with Gasteiger partial charge in [0.25, 0.3) is 0 Å². The average Bonchev–Trinajstić information content (AvgIpc) is 2.48. The number of rotatable bonds is 5. The van der Waals surface area contributed by atoms with E-state index in [9.17, 15) is 0 Å². The second kappa shape index (κ2) is 6.53. The minimum absolute atomic E-state index is 0.293. The minimum Gasteiger partial charge on any atom is -0.346 e. The number of anilines is 3. The molecule has 1 heterocycles. The number of nitrogens with zero attached hydrogens (tertiary/aromatic N) is 4. The molecule has 0 aliphatic rings. The van der Waals surface area contributed by atoms with Crippen LogP contribution < -0.4 is 10.2 Å². The van der Waals surface area contributed by atoms with E-state index in [4.69, 9.17) is 5.26 Å². The number of benzene rings is 1. The van der Waals surface area contributed by atoms with Crippen molar-refractivity contribution in [1.82, 2.24) is 9.97 Å². The topological polar surface area (TPSA) is 64.8 Å². The van der Waals surface area contributed by atoms with Crippen LogP contribution in [0.2, 0.25) is 0 Å². The van der Waals surface area contributed by atoms with Gasteiger partial charge in [0.15, 0.2) is 0 Å². The Balaban J connectivity index is 2.12. The van der Waals surface area contributed by atoms with Crippen LogP contribution in [0.5, 0.6) is 0 Å². The van der Waals surface area contributed by atoms with E-state index < -0.39 is 0 Å². The molecule has 0 atom stereocenters. The number of aryl methyl sites for hydroxylation is 1. The highest BCUT2D eigenvalue weighted by Crippen LogP contribution is 2.18. The Morgan fingerprint density at radius 2 is 2.00 bits per heavy atom. The van der Waals surface area contributed by atoms with E-state index in [1.807, 2.05) is 25.2 Å². The maximum atomic E-state index is 8.70. The molecule has 102 valence electrons. The van der Waals surface area contributed by atoms with Crippen LogP contribution in [0.1, 0.15) is 12.5 Å². The normalized spacial score (nSPS) is 9.85. The molecule has 0 saturated carbocycles. The molecule has 1 N–H and O–H groups in total. The van der Waals surface area contributed by atoms with E-state index in [2.05, 4.69) is 40.4 Å². The second-order valence-corrected chi connectivity index (χ2v) is 4.45. The molecule has 0 aliphatic carbocycles. The van der Waals surface area contributed by atoms with Gasteiger partial charge in [0.1, 0.15) is 24.5 Å². The first-order valence-electron chi connectivity index (χ1n) is 6.49. The van der Waals surface area contributed by atoms with Crippen molar-refractivity contribution in [2.45, 2.75) is 13.3 Å². The molecule has 1 aromatic heterocycles. The number of aromatic nitrogens is 2. The number of nitriles is 1. The number of hydrogen-bond donors (Lipinski definition) is 1. The van der Waals surface area contributed by atoms with Gasteiger partial charge in [0, 0.05) is 18.8 Å². The summed E-state index contributed by atoms with van der Waals surface area (Å²) in [5.41, 5.74) is 2.28. The van der Waals surface area contributed by atoms with Crippen molar-refractivity contribution in [2.75, 3.05) is 23.8 Å². The summed E-state index contributed by atoms with van der Waals surface area (Å²) in [5.74, 6) is 1.43. The molecule has 1 aromatic carbocycles. The molecule has 0 bridgehead atoms. The van der Waals surface area contributed by atoms with Crippen LogP contribution in [0, 0.1) is 11.3 Å². The zero-order valence-electron chi connectivity index (χ0n) is 11.7. The Hall–Kier alpha value is -2.61. The van der Waals surface area contributed by atoms with Crippen LogP contribution in [-0.4, -0.2) is 23.6 Å². The Kier molecular flexibility index (Phi) is 4.51. The van der Waals surface area contributed by atoms with Crippen molar-refractivity contribution in [3.8, 4) is 6.07 Å². The van der Waals surface area contributed by atoms with Crippen molar-refractivity contribution >= 4 is 17.3 Å². The molecule has 0 saturated heterocycles. The third-order valence-corrected chi connectivity index (χ3v) is 2.99. The van der Waals surface area contributed by atoms with E-state index in [0.29, 0.717) is 18.2 Å². The van der Waals surface area contributed by atoms with Crippen LogP contribution in [0.25, 0.3) is 0 Å². The fourth-order valence-corrected chi connectivity index (χ4v) is 1.78. The zero-order valence-corrected chi connectivity index (χ0v) is 11.7. The molecule has 0 radical (unpaired) electrons. The SMILES string of the molecule is CCc1ccc(Nc2cc(N(C)CC#N)ncn2)cc1. The minimum atomic E-state index is 0.293. The van der Waals surface area contributed by atoms with E-state index in [1.54, 1.807) is 4.90 Å². The Morgan fingerprint density at radius 1 is 1.25 bits per heavy atom. The van der Waals surface area contributed by atoms with Gasteiger partial charge < -0.3 is 10.2 Å². The predicted octanol–water partition coefficient (Wildman–Crippen LogP) is 2.74. The Morgan fingerprint density at radius 3 is 2.65 bits per heavy atom. The van der Waals surface area contributed by atoms with Gasteiger partial charge in [-0.25, -0.2) is 9.97 Å². The summed E-state index contributed by atoms with van der Waals surface area (Å²) < 4.78 is 0. The van der Waals surface area contributed by atoms with Crippen LogP contribution in [-0.2, 0) is 6.42 Å². The van der Waals surface area contributed by atoms with Crippen molar-refractivity contribution in [1.29, 1.82) is 5.26 Å². The predicted molar refractivity (Wildman–Crippen MR) is 80.0 cm³/mol. The second-order valence-electron chi connectivity index (χ2n) is 4.45. The lowest BCUT2D eigenvalue weighted by atomic mass is 10.1. The van der Waals surface area contributed by atoms with Gasteiger partial charge >= 0.3 is 0 Å². The van der Waals surface area contributed by atoms with Crippen molar-refractivity contribution in [3.05, 3.63) is 42.2 Å². The first-order valence-corrected chi connectivity index (χ1v) is 6.49. The highest BCUT2D eigenvalue weighted by Gasteiger charge is 2.04. The molecule has 0 fully saturated rings. The van der Waals surface area contributed by atoms with Crippen molar-refractivity contribution < 1.29 is 0 Å². The fraction of sp³-hybridized carbons (Fsp3) is 0.267. The molecule has 0 aliphatic heterocycles. The molecule has 20 heavy (non-hydrogen) atoms. The van der Waals surface area contributed by atoms with E-state index in [1.165, 1.54) is 11.9 Å². The quantitative estimate of drug-likeness (QED) is 0.844. The lowest BCUT2D eigenvalue weighted by molar-refractivity contribution is 0.981. The maximum Gasteiger partial charge on any atom is 0.135 e. The summed E-state index contributed by atoms with van der Waals surface area (Å²) in [7, 11) is 1.82. The van der Waals surface area contributed by atoms with Gasteiger partial charge in [-0.1, -0.05) is 19.1 Å². The maximum absolute atomic E-state index is 8.70. The lowest BCUT2D eigenvalue weighted by Gasteiger charge is -2.14. The summed E-state index contributed by atoms with van der Waals surface area (Å²) in [5, 5.41) is 11.9. The van der Waals surface area contributed by atoms with Crippen LogP contribution >= 0.6 is 0 Å². The van der Waals surface area contributed by atoms with Gasteiger partial charge in [-0.15, -0.1) is 0 Å². The third kappa shape index (κ3) is 3.45. The summed E-state index contributed by atoms with van der Waals surface area (Å²) in [6, 6.07) is 12.2. The number of nitrogens with one attached hydrogen (secondary N) is 1. The van der Waals surface area contributed by atoms with E-state index in [-0.39, 0.29) is 0 Å². The van der Waals surface area contributed by atoms with Crippen LogP contribution in [0.15, 0.2) is 36.7 Å². The zero-order chi connectivity index (χ0) is 14.4. The summed E-state index contributed by atoms with van der Waals surface area (Å²) in [6.45, 7) is 2.42. The highest BCUT2D eigenvalue weighted by molar-refractivity contribution is 5.59. The molecule has 0 amide bonds. The first kappa shape index (κ1) is 13.8. The third-order valence-electron chi connectivity index (χ3n) is 2.99. The van der Waals surface area contributed by atoms with Gasteiger partial charge in [0.05, 0.1) is 6.07 Å². The van der Waals surface area contributed by atoms with Crippen LogP contribution in [0.4, 0.5) is 17.3 Å². The van der Waals surface area contributed by atoms with Crippen molar-refractivity contribution in [2.24, 2.45) is 0 Å². The molecule has 5 heteroatoms. The fourth-order valence-electron chi connectivity index (χ4n) is 1.78. The average molecular weight is 267 g/mol. The van der Waals surface area contributed by atoms with Crippen molar-refractivity contribution in [3.63, 3.8) is 0 Å². The molecular weight excluding hydrogens is 250 g/mol. The largest absolute Gasteiger partial charge is 0.346 e. The standard InChI is InChI=1S/C15H17N5/c1-3-12-4-6-13(7-5-12)19-14-10-15(18-11-17-14)20(2)9-8-16/h4-7,10-11H,3,9H2,1-2H3,(H,17,18,19). The summed E-state index contributed by atoms with van der Waals surface area (Å²) in [4.78, 5) is 10.1. The highest BCUT2D eigenvalue weighted by atomic mass is 15.2. The first-order chi connectivity index (χ1) is 9.72. The summed E-state index contributed by atoms with van der Waals surface area (Å²) >= 11 is 0. The molecule has 2 rings (SSSR count). The van der Waals surface area contributed by atoms with Gasteiger partial charge in [-0.2, -0.15) is 5.26 Å². The molecule has 5 nitrogen and oxygen atoms in total. The molecule has 0 spiro atoms. The monoisotopic (exact) mass is 267 g/mol. The van der Waals surface area contributed by atoms with Gasteiger partial charge in [-0.3, -0.25) is 0 Å². The molecule has 0 unspecified atom stereocenters.